The van der Waals surface area contributed by atoms with Crippen LogP contribution in [0.15, 0.2) is 236 Å². The SMILES string of the molecule is C1=CC(C2(c3ccccc3)c3cc(N(c4ccccc4)c4ccccc4)ccc3C3c4ccccc4-c4cc(N(c5ccccc5)c5ccccc5)ccc4C32)=CCC1. The summed E-state index contributed by atoms with van der Waals surface area (Å²) in [4.78, 5) is 4.81. The van der Waals surface area contributed by atoms with Crippen molar-refractivity contribution in [2.24, 2.45) is 0 Å². The molecule has 0 fully saturated rings. The van der Waals surface area contributed by atoms with Crippen LogP contribution in [-0.2, 0) is 5.41 Å². The zero-order valence-electron chi connectivity index (χ0n) is 32.9. The Balaban J connectivity index is 1.20. The fourth-order valence-electron chi connectivity index (χ4n) is 10.5. The normalized spacial score (nSPS) is 18.5. The van der Waals surface area contributed by atoms with Gasteiger partial charge in [0, 0.05) is 46.0 Å². The van der Waals surface area contributed by atoms with Crippen molar-refractivity contribution in [3.05, 3.63) is 264 Å². The number of hydrogen-bond donors (Lipinski definition) is 0. The van der Waals surface area contributed by atoms with Gasteiger partial charge in [0.1, 0.15) is 0 Å². The third-order valence-corrected chi connectivity index (χ3v) is 12.8. The molecule has 3 unspecified atom stereocenters. The van der Waals surface area contributed by atoms with E-state index in [1.807, 2.05) is 0 Å². The van der Waals surface area contributed by atoms with Gasteiger partial charge in [-0.3, -0.25) is 0 Å². The summed E-state index contributed by atoms with van der Waals surface area (Å²) < 4.78 is 0. The fourth-order valence-corrected chi connectivity index (χ4v) is 10.5. The third-order valence-electron chi connectivity index (χ3n) is 12.8. The Kier molecular flexibility index (Phi) is 8.70. The minimum atomic E-state index is -0.463. The number of allylic oxidation sites excluding steroid dienone is 4. The number of benzene rings is 8. The van der Waals surface area contributed by atoms with E-state index in [1.165, 1.54) is 44.5 Å². The molecule has 3 aliphatic carbocycles. The first kappa shape index (κ1) is 35.0. The standard InChI is InChI=1S/C57H44N2/c1-7-21-41(22-8-1)57(42-23-9-2-10-24-42)54-40-48(59(45-29-15-5-16-30-45)46-31-17-6-18-32-46)36-38-52(54)55-50-34-20-19-33-49(50)53-39-47(35-37-51(53)56(55)57)58(43-25-11-3-12-26-43)44-27-13-4-14-28-44/h1,3-9,11-40,55-56H,2,10H2. The lowest BCUT2D eigenvalue weighted by Gasteiger charge is -2.44. The topological polar surface area (TPSA) is 6.48 Å². The van der Waals surface area contributed by atoms with Crippen LogP contribution >= 0.6 is 0 Å². The summed E-state index contributed by atoms with van der Waals surface area (Å²) in [5.74, 6) is 0.248. The average molecular weight is 757 g/mol. The van der Waals surface area contributed by atoms with Crippen LogP contribution in [0.4, 0.5) is 34.1 Å². The molecule has 0 heterocycles. The second-order valence-electron chi connectivity index (χ2n) is 15.9. The summed E-state index contributed by atoms with van der Waals surface area (Å²) in [7, 11) is 0. The lowest BCUT2D eigenvalue weighted by atomic mass is 9.57. The molecule has 59 heavy (non-hydrogen) atoms. The Morgan fingerprint density at radius 1 is 0.390 bits per heavy atom. The lowest BCUT2D eigenvalue weighted by Crippen LogP contribution is -2.36. The highest BCUT2D eigenvalue weighted by Crippen LogP contribution is 2.68. The Morgan fingerprint density at radius 2 is 0.881 bits per heavy atom. The summed E-state index contributed by atoms with van der Waals surface area (Å²) in [6.45, 7) is 0. The summed E-state index contributed by atoms with van der Waals surface area (Å²) in [5, 5.41) is 0. The van der Waals surface area contributed by atoms with Crippen LogP contribution in [0.5, 0.6) is 0 Å². The predicted molar refractivity (Wildman–Crippen MR) is 246 cm³/mol. The number of anilines is 6. The van der Waals surface area contributed by atoms with Gasteiger partial charge in [-0.1, -0.05) is 158 Å². The van der Waals surface area contributed by atoms with Crippen molar-refractivity contribution < 1.29 is 0 Å². The average Bonchev–Trinajstić information content (AvgIpc) is 3.63. The molecule has 3 atom stereocenters. The molecule has 3 aliphatic rings. The van der Waals surface area contributed by atoms with E-state index < -0.39 is 5.41 Å². The van der Waals surface area contributed by atoms with Crippen LogP contribution in [-0.4, -0.2) is 0 Å². The molecule has 2 nitrogen and oxygen atoms in total. The van der Waals surface area contributed by atoms with Crippen molar-refractivity contribution in [1.29, 1.82) is 0 Å². The lowest BCUT2D eigenvalue weighted by molar-refractivity contribution is 0.479. The molecule has 2 heteroatoms. The molecule has 0 spiro atoms. The molecule has 282 valence electrons. The van der Waals surface area contributed by atoms with Gasteiger partial charge in [0.05, 0.1) is 5.41 Å². The maximum Gasteiger partial charge on any atom is 0.0529 e. The summed E-state index contributed by atoms with van der Waals surface area (Å²) in [6, 6.07) is 78.4. The number of rotatable bonds is 8. The molecule has 0 aromatic heterocycles. The summed E-state index contributed by atoms with van der Waals surface area (Å²) in [5.41, 5.74) is 17.3. The van der Waals surface area contributed by atoms with Crippen LogP contribution < -0.4 is 9.80 Å². The van der Waals surface area contributed by atoms with Crippen LogP contribution in [0.1, 0.15) is 52.5 Å². The van der Waals surface area contributed by atoms with Crippen LogP contribution in [0.3, 0.4) is 0 Å². The van der Waals surface area contributed by atoms with Gasteiger partial charge in [0.2, 0.25) is 0 Å². The third kappa shape index (κ3) is 5.70. The Bertz CT molecular complexity index is 2750. The predicted octanol–water partition coefficient (Wildman–Crippen LogP) is 15.1. The zero-order valence-corrected chi connectivity index (χ0v) is 32.9. The highest BCUT2D eigenvalue weighted by atomic mass is 15.1. The van der Waals surface area contributed by atoms with Gasteiger partial charge in [-0.15, -0.1) is 0 Å². The van der Waals surface area contributed by atoms with Gasteiger partial charge >= 0.3 is 0 Å². The Hall–Kier alpha value is -7.16. The van der Waals surface area contributed by atoms with E-state index in [2.05, 4.69) is 240 Å². The smallest absolute Gasteiger partial charge is 0.0529 e. The van der Waals surface area contributed by atoms with E-state index in [-0.39, 0.29) is 11.8 Å². The molecule has 8 aromatic rings. The molecule has 11 rings (SSSR count). The molecular formula is C57H44N2. The second-order valence-corrected chi connectivity index (χ2v) is 15.9. The fraction of sp³-hybridized carbons (Fsp3) is 0.0877. The van der Waals surface area contributed by atoms with Gasteiger partial charge in [-0.2, -0.15) is 0 Å². The summed E-state index contributed by atoms with van der Waals surface area (Å²) >= 11 is 0. The first-order valence-electron chi connectivity index (χ1n) is 20.9. The van der Waals surface area contributed by atoms with Gasteiger partial charge in [0.15, 0.2) is 0 Å². The molecule has 0 N–H and O–H groups in total. The number of para-hydroxylation sites is 4. The van der Waals surface area contributed by atoms with E-state index in [1.54, 1.807) is 0 Å². The molecule has 0 bridgehead atoms. The highest BCUT2D eigenvalue weighted by molar-refractivity contribution is 5.87. The number of nitrogens with zero attached hydrogens (tertiary/aromatic N) is 2. The molecular weight excluding hydrogens is 713 g/mol. The van der Waals surface area contributed by atoms with Crippen molar-refractivity contribution in [2.45, 2.75) is 30.1 Å². The molecule has 0 saturated heterocycles. The number of hydrogen-bond acceptors (Lipinski definition) is 2. The van der Waals surface area contributed by atoms with Crippen molar-refractivity contribution in [1.82, 2.24) is 0 Å². The monoisotopic (exact) mass is 756 g/mol. The van der Waals surface area contributed by atoms with Crippen molar-refractivity contribution >= 4 is 34.1 Å². The van der Waals surface area contributed by atoms with Crippen molar-refractivity contribution in [2.75, 3.05) is 9.80 Å². The molecule has 0 radical (unpaired) electrons. The van der Waals surface area contributed by atoms with E-state index >= 15 is 0 Å². The van der Waals surface area contributed by atoms with E-state index in [0.29, 0.717) is 0 Å². The van der Waals surface area contributed by atoms with E-state index in [9.17, 15) is 0 Å². The minimum absolute atomic E-state index is 0.104. The molecule has 0 saturated carbocycles. The van der Waals surface area contributed by atoms with E-state index in [0.717, 1.165) is 47.0 Å². The van der Waals surface area contributed by atoms with E-state index in [4.69, 9.17) is 0 Å². The maximum atomic E-state index is 2.54. The van der Waals surface area contributed by atoms with Gasteiger partial charge < -0.3 is 9.80 Å². The van der Waals surface area contributed by atoms with Gasteiger partial charge in [-0.05, 0) is 130 Å². The molecule has 0 aliphatic heterocycles. The maximum absolute atomic E-state index is 2.54. The zero-order chi connectivity index (χ0) is 39.2. The quantitative estimate of drug-likeness (QED) is 0.152. The van der Waals surface area contributed by atoms with Gasteiger partial charge in [-0.25, -0.2) is 0 Å². The van der Waals surface area contributed by atoms with Crippen molar-refractivity contribution in [3.8, 4) is 11.1 Å². The first-order valence-corrected chi connectivity index (χ1v) is 20.9. The van der Waals surface area contributed by atoms with Crippen molar-refractivity contribution in [3.63, 3.8) is 0 Å². The second kappa shape index (κ2) is 14.7. The number of fused-ring (bicyclic) bond motifs is 8. The van der Waals surface area contributed by atoms with Crippen LogP contribution in [0.2, 0.25) is 0 Å². The largest absolute Gasteiger partial charge is 0.310 e. The van der Waals surface area contributed by atoms with Crippen LogP contribution in [0.25, 0.3) is 11.1 Å². The van der Waals surface area contributed by atoms with Crippen LogP contribution in [0, 0.1) is 0 Å². The molecule has 0 amide bonds. The Morgan fingerprint density at radius 3 is 1.42 bits per heavy atom. The Labute approximate surface area is 347 Å². The highest BCUT2D eigenvalue weighted by Gasteiger charge is 2.58. The van der Waals surface area contributed by atoms with Gasteiger partial charge in [0.25, 0.3) is 0 Å². The summed E-state index contributed by atoms with van der Waals surface area (Å²) in [6.07, 6.45) is 9.47. The minimum Gasteiger partial charge on any atom is -0.310 e. The molecule has 8 aromatic carbocycles. The first-order chi connectivity index (χ1) is 29.3.